The Morgan fingerprint density at radius 1 is 1.14 bits per heavy atom. The van der Waals surface area contributed by atoms with Crippen LogP contribution in [0.15, 0.2) is 60.8 Å². The molecule has 2 N–H and O–H groups in total. The van der Waals surface area contributed by atoms with E-state index >= 15 is 0 Å². The molecule has 0 radical (unpaired) electrons. The Labute approximate surface area is 124 Å². The van der Waals surface area contributed by atoms with Crippen LogP contribution >= 0.6 is 0 Å². The Morgan fingerprint density at radius 3 is 2.76 bits per heavy atom. The smallest absolute Gasteiger partial charge is 0.251 e. The third-order valence-electron chi connectivity index (χ3n) is 3.75. The summed E-state index contributed by atoms with van der Waals surface area (Å²) in [5.74, 6) is 0.263. The number of aromatic nitrogens is 1. The van der Waals surface area contributed by atoms with Gasteiger partial charge in [-0.05, 0) is 35.1 Å². The lowest BCUT2D eigenvalue weighted by Gasteiger charge is -2.13. The van der Waals surface area contributed by atoms with Crippen LogP contribution in [0.5, 0.6) is 0 Å². The highest BCUT2D eigenvalue weighted by Gasteiger charge is 2.10. The quantitative estimate of drug-likeness (QED) is 0.751. The molecule has 3 aromatic rings. The maximum atomic E-state index is 12.2. The van der Waals surface area contributed by atoms with Gasteiger partial charge in [-0.3, -0.25) is 4.79 Å². The molecule has 0 aliphatic heterocycles. The van der Waals surface area contributed by atoms with Gasteiger partial charge in [0.05, 0.1) is 0 Å². The standard InChI is InChI=1S/C18H18N2O/c1-13(14-5-3-2-4-6-14)12-20-18(21)16-8-7-15-9-10-19-17(15)11-16/h2-11,13,19H,12H2,1H3,(H,20,21)/t13-/m1/s1. The van der Waals surface area contributed by atoms with E-state index < -0.39 is 0 Å². The summed E-state index contributed by atoms with van der Waals surface area (Å²) in [4.78, 5) is 15.3. The van der Waals surface area contributed by atoms with Crippen molar-refractivity contribution in [1.82, 2.24) is 10.3 Å². The Balaban J connectivity index is 1.66. The molecule has 1 heterocycles. The molecule has 2 aromatic carbocycles. The zero-order chi connectivity index (χ0) is 14.7. The van der Waals surface area contributed by atoms with Gasteiger partial charge < -0.3 is 10.3 Å². The number of aromatic amines is 1. The molecule has 0 aliphatic carbocycles. The molecule has 21 heavy (non-hydrogen) atoms. The van der Waals surface area contributed by atoms with E-state index in [4.69, 9.17) is 0 Å². The second-order valence-corrected chi connectivity index (χ2v) is 5.30. The van der Waals surface area contributed by atoms with Gasteiger partial charge in [-0.2, -0.15) is 0 Å². The van der Waals surface area contributed by atoms with Crippen molar-refractivity contribution in [2.45, 2.75) is 12.8 Å². The molecule has 3 heteroatoms. The molecule has 0 unspecified atom stereocenters. The minimum atomic E-state index is -0.0331. The molecule has 3 rings (SSSR count). The van der Waals surface area contributed by atoms with Crippen molar-refractivity contribution in [3.63, 3.8) is 0 Å². The van der Waals surface area contributed by atoms with E-state index in [1.807, 2.05) is 48.7 Å². The largest absolute Gasteiger partial charge is 0.361 e. The summed E-state index contributed by atoms with van der Waals surface area (Å²) in [6.45, 7) is 2.75. The lowest BCUT2D eigenvalue weighted by Crippen LogP contribution is -2.27. The number of carbonyl (C=O) groups excluding carboxylic acids is 1. The maximum Gasteiger partial charge on any atom is 0.251 e. The van der Waals surface area contributed by atoms with Crippen molar-refractivity contribution < 1.29 is 4.79 Å². The zero-order valence-corrected chi connectivity index (χ0v) is 12.0. The average Bonchev–Trinajstić information content (AvgIpc) is 3.00. The molecule has 0 saturated heterocycles. The summed E-state index contributed by atoms with van der Waals surface area (Å²) in [6, 6.07) is 17.9. The third-order valence-corrected chi connectivity index (χ3v) is 3.75. The van der Waals surface area contributed by atoms with E-state index in [0.717, 1.165) is 10.9 Å². The van der Waals surface area contributed by atoms with Crippen molar-refractivity contribution >= 4 is 16.8 Å². The molecule has 0 aliphatic rings. The van der Waals surface area contributed by atoms with Gasteiger partial charge in [0.2, 0.25) is 0 Å². The maximum absolute atomic E-state index is 12.2. The molecule has 0 saturated carbocycles. The first-order chi connectivity index (χ1) is 10.2. The molecule has 0 bridgehead atoms. The molecular formula is C18H18N2O. The summed E-state index contributed by atoms with van der Waals surface area (Å²) in [7, 11) is 0. The van der Waals surface area contributed by atoms with Crippen LogP contribution in [-0.2, 0) is 0 Å². The second kappa shape index (κ2) is 5.83. The van der Waals surface area contributed by atoms with Crippen LogP contribution in [0.2, 0.25) is 0 Å². The highest BCUT2D eigenvalue weighted by molar-refractivity contribution is 5.97. The first-order valence-corrected chi connectivity index (χ1v) is 7.14. The minimum Gasteiger partial charge on any atom is -0.361 e. The number of hydrogen-bond acceptors (Lipinski definition) is 1. The van der Waals surface area contributed by atoms with E-state index in [1.165, 1.54) is 5.56 Å². The first-order valence-electron chi connectivity index (χ1n) is 7.14. The van der Waals surface area contributed by atoms with Gasteiger partial charge in [0, 0.05) is 23.8 Å². The lowest BCUT2D eigenvalue weighted by molar-refractivity contribution is 0.0952. The number of amides is 1. The van der Waals surface area contributed by atoms with Crippen molar-refractivity contribution in [3.8, 4) is 0 Å². The van der Waals surface area contributed by atoms with E-state index in [0.29, 0.717) is 18.0 Å². The highest BCUT2D eigenvalue weighted by atomic mass is 16.1. The van der Waals surface area contributed by atoms with E-state index in [9.17, 15) is 4.79 Å². The van der Waals surface area contributed by atoms with Gasteiger partial charge in [-0.25, -0.2) is 0 Å². The fraction of sp³-hybridized carbons (Fsp3) is 0.167. The molecule has 1 atom stereocenters. The van der Waals surface area contributed by atoms with Crippen LogP contribution in [0.1, 0.15) is 28.8 Å². The molecule has 0 spiro atoms. The van der Waals surface area contributed by atoms with Gasteiger partial charge >= 0.3 is 0 Å². The summed E-state index contributed by atoms with van der Waals surface area (Å²) in [6.07, 6.45) is 1.88. The van der Waals surface area contributed by atoms with Crippen molar-refractivity contribution in [1.29, 1.82) is 0 Å². The Hall–Kier alpha value is -2.55. The number of H-pyrrole nitrogens is 1. The summed E-state index contributed by atoms with van der Waals surface area (Å²) < 4.78 is 0. The molecule has 106 valence electrons. The first kappa shape index (κ1) is 13.4. The lowest BCUT2D eigenvalue weighted by atomic mass is 10.0. The highest BCUT2D eigenvalue weighted by Crippen LogP contribution is 2.15. The van der Waals surface area contributed by atoms with Crippen molar-refractivity contribution in [3.05, 3.63) is 71.9 Å². The third kappa shape index (κ3) is 2.97. The summed E-state index contributed by atoms with van der Waals surface area (Å²) in [5, 5.41) is 4.12. The number of benzene rings is 2. The molecule has 3 nitrogen and oxygen atoms in total. The second-order valence-electron chi connectivity index (χ2n) is 5.30. The number of hydrogen-bond donors (Lipinski definition) is 2. The van der Waals surface area contributed by atoms with Gasteiger partial charge in [0.1, 0.15) is 0 Å². The molecule has 1 amide bonds. The minimum absolute atomic E-state index is 0.0331. The van der Waals surface area contributed by atoms with Gasteiger partial charge in [0.25, 0.3) is 5.91 Å². The molecular weight excluding hydrogens is 260 g/mol. The predicted octanol–water partition coefficient (Wildman–Crippen LogP) is 3.70. The average molecular weight is 278 g/mol. The Bertz CT molecular complexity index is 746. The van der Waals surface area contributed by atoms with Crippen LogP contribution < -0.4 is 5.32 Å². The number of carbonyl (C=O) groups is 1. The monoisotopic (exact) mass is 278 g/mol. The van der Waals surface area contributed by atoms with Crippen LogP contribution in [0.25, 0.3) is 10.9 Å². The van der Waals surface area contributed by atoms with Crippen LogP contribution in [0.3, 0.4) is 0 Å². The Morgan fingerprint density at radius 2 is 1.95 bits per heavy atom. The van der Waals surface area contributed by atoms with E-state index in [-0.39, 0.29) is 5.91 Å². The van der Waals surface area contributed by atoms with E-state index in [2.05, 4.69) is 29.4 Å². The van der Waals surface area contributed by atoms with Crippen molar-refractivity contribution in [2.24, 2.45) is 0 Å². The fourth-order valence-electron chi connectivity index (χ4n) is 2.44. The van der Waals surface area contributed by atoms with Gasteiger partial charge in [-0.1, -0.05) is 43.3 Å². The van der Waals surface area contributed by atoms with Crippen molar-refractivity contribution in [2.75, 3.05) is 6.54 Å². The number of rotatable bonds is 4. The zero-order valence-electron chi connectivity index (χ0n) is 12.0. The SMILES string of the molecule is C[C@H](CNC(=O)c1ccc2cc[nH]c2c1)c1ccccc1. The predicted molar refractivity (Wildman–Crippen MR) is 85.5 cm³/mol. The molecule has 1 aromatic heterocycles. The normalized spacial score (nSPS) is 12.2. The number of nitrogens with one attached hydrogen (secondary N) is 2. The van der Waals surface area contributed by atoms with Crippen LogP contribution in [-0.4, -0.2) is 17.4 Å². The van der Waals surface area contributed by atoms with E-state index in [1.54, 1.807) is 0 Å². The van der Waals surface area contributed by atoms with Gasteiger partial charge in [-0.15, -0.1) is 0 Å². The number of fused-ring (bicyclic) bond motifs is 1. The topological polar surface area (TPSA) is 44.9 Å². The molecule has 0 fully saturated rings. The van der Waals surface area contributed by atoms with Crippen LogP contribution in [0.4, 0.5) is 0 Å². The summed E-state index contributed by atoms with van der Waals surface area (Å²) >= 11 is 0. The fourth-order valence-corrected chi connectivity index (χ4v) is 2.44. The van der Waals surface area contributed by atoms with Gasteiger partial charge in [0.15, 0.2) is 0 Å². The Kier molecular flexibility index (Phi) is 3.73. The summed E-state index contributed by atoms with van der Waals surface area (Å²) in [5.41, 5.74) is 2.90. The van der Waals surface area contributed by atoms with Crippen LogP contribution in [0, 0.1) is 0 Å².